The summed E-state index contributed by atoms with van der Waals surface area (Å²) in [5.74, 6) is 1.51. The number of anilines is 2. The maximum absolute atomic E-state index is 12.2. The standard InChI is InChI=1S/C28H31N5O3/c29-15-5-4-8-23(35)32-21-11-9-20(10-12-21)26-24(19-6-2-1-3-7-19)25-27(30-18-31-28(25)36-26)33-16-13-22(34)14-17-33/h1-3,6-7,9-12,18,22,34H,4-5,8,13-17,29H2,(H,32,35). The van der Waals surface area contributed by atoms with E-state index in [4.69, 9.17) is 10.2 Å². The molecule has 1 fully saturated rings. The third-order valence-electron chi connectivity index (χ3n) is 6.58. The van der Waals surface area contributed by atoms with Crippen LogP contribution in [-0.4, -0.2) is 46.7 Å². The minimum atomic E-state index is -0.272. The molecule has 1 aliphatic rings. The quantitative estimate of drug-likeness (QED) is 0.313. The summed E-state index contributed by atoms with van der Waals surface area (Å²) in [5, 5.41) is 13.8. The topological polar surface area (TPSA) is 118 Å². The molecule has 186 valence electrons. The van der Waals surface area contributed by atoms with E-state index in [0.717, 1.165) is 59.5 Å². The number of carbonyl (C=O) groups excluding carboxylic acids is 1. The lowest BCUT2D eigenvalue weighted by Crippen LogP contribution is -2.36. The fraction of sp³-hybridized carbons (Fsp3) is 0.321. The molecule has 0 spiro atoms. The smallest absolute Gasteiger partial charge is 0.232 e. The van der Waals surface area contributed by atoms with E-state index in [0.29, 0.717) is 37.3 Å². The fourth-order valence-corrected chi connectivity index (χ4v) is 4.68. The van der Waals surface area contributed by atoms with Crippen LogP contribution in [0.25, 0.3) is 33.6 Å². The number of fused-ring (bicyclic) bond motifs is 1. The zero-order chi connectivity index (χ0) is 24.9. The van der Waals surface area contributed by atoms with Crippen molar-refractivity contribution in [1.82, 2.24) is 9.97 Å². The second-order valence-electron chi connectivity index (χ2n) is 9.14. The first kappa shape index (κ1) is 24.0. The molecule has 0 unspecified atom stereocenters. The Balaban J connectivity index is 1.53. The summed E-state index contributed by atoms with van der Waals surface area (Å²) in [4.78, 5) is 23.5. The van der Waals surface area contributed by atoms with Gasteiger partial charge in [-0.25, -0.2) is 9.97 Å². The zero-order valence-electron chi connectivity index (χ0n) is 20.2. The van der Waals surface area contributed by atoms with Gasteiger partial charge >= 0.3 is 0 Å². The molecule has 3 heterocycles. The van der Waals surface area contributed by atoms with Crippen molar-refractivity contribution in [3.8, 4) is 22.5 Å². The number of benzene rings is 2. The maximum Gasteiger partial charge on any atom is 0.232 e. The molecule has 8 heteroatoms. The number of hydrogen-bond donors (Lipinski definition) is 3. The van der Waals surface area contributed by atoms with Crippen molar-refractivity contribution < 1.29 is 14.3 Å². The third kappa shape index (κ3) is 5.10. The normalized spacial score (nSPS) is 14.3. The monoisotopic (exact) mass is 485 g/mol. The van der Waals surface area contributed by atoms with Gasteiger partial charge in [0.15, 0.2) is 0 Å². The highest BCUT2D eigenvalue weighted by molar-refractivity contribution is 6.06. The van der Waals surface area contributed by atoms with Crippen LogP contribution in [0.15, 0.2) is 65.3 Å². The molecule has 0 radical (unpaired) electrons. The van der Waals surface area contributed by atoms with Crippen LogP contribution in [-0.2, 0) is 4.79 Å². The van der Waals surface area contributed by atoms with E-state index in [1.807, 2.05) is 42.5 Å². The number of piperidine rings is 1. The van der Waals surface area contributed by atoms with Crippen LogP contribution in [0.4, 0.5) is 11.5 Å². The lowest BCUT2D eigenvalue weighted by atomic mass is 9.98. The highest BCUT2D eigenvalue weighted by Crippen LogP contribution is 2.43. The molecule has 2 aromatic heterocycles. The predicted molar refractivity (Wildman–Crippen MR) is 142 cm³/mol. The Hall–Kier alpha value is -3.75. The minimum Gasteiger partial charge on any atom is -0.437 e. The highest BCUT2D eigenvalue weighted by Gasteiger charge is 2.26. The van der Waals surface area contributed by atoms with Crippen molar-refractivity contribution in [3.05, 3.63) is 60.9 Å². The van der Waals surface area contributed by atoms with E-state index in [-0.39, 0.29) is 12.0 Å². The Morgan fingerprint density at radius 2 is 1.78 bits per heavy atom. The number of hydrogen-bond acceptors (Lipinski definition) is 7. The van der Waals surface area contributed by atoms with Crippen LogP contribution < -0.4 is 16.0 Å². The number of nitrogens with zero attached hydrogens (tertiary/aromatic N) is 3. The molecule has 4 N–H and O–H groups in total. The minimum absolute atomic E-state index is 0.0172. The van der Waals surface area contributed by atoms with Gasteiger partial charge in [0.05, 0.1) is 11.5 Å². The zero-order valence-corrected chi connectivity index (χ0v) is 20.2. The number of furan rings is 1. The molecule has 1 aliphatic heterocycles. The van der Waals surface area contributed by atoms with Gasteiger partial charge in [0.1, 0.15) is 17.9 Å². The summed E-state index contributed by atoms with van der Waals surface area (Å²) in [5.41, 5.74) is 9.61. The summed E-state index contributed by atoms with van der Waals surface area (Å²) in [6.45, 7) is 2.04. The molecule has 1 amide bonds. The highest BCUT2D eigenvalue weighted by atomic mass is 16.3. The van der Waals surface area contributed by atoms with Gasteiger partial charge in [-0.1, -0.05) is 30.3 Å². The molecule has 0 aliphatic carbocycles. The summed E-state index contributed by atoms with van der Waals surface area (Å²) in [6, 6.07) is 17.8. The van der Waals surface area contributed by atoms with Crippen molar-refractivity contribution in [1.29, 1.82) is 0 Å². The predicted octanol–water partition coefficient (Wildman–Crippen LogP) is 4.59. The van der Waals surface area contributed by atoms with Gasteiger partial charge in [-0.05, 0) is 62.1 Å². The van der Waals surface area contributed by atoms with Gasteiger partial charge in [-0.15, -0.1) is 0 Å². The summed E-state index contributed by atoms with van der Waals surface area (Å²) in [7, 11) is 0. The van der Waals surface area contributed by atoms with E-state index in [2.05, 4.69) is 32.3 Å². The number of amides is 1. The number of unbranched alkanes of at least 4 members (excludes halogenated alkanes) is 1. The Bertz CT molecular complexity index is 1310. The molecule has 0 bridgehead atoms. The summed E-state index contributed by atoms with van der Waals surface area (Å²) >= 11 is 0. The molecule has 1 saturated heterocycles. The van der Waals surface area contributed by atoms with Crippen LogP contribution in [0, 0.1) is 0 Å². The summed E-state index contributed by atoms with van der Waals surface area (Å²) < 4.78 is 6.35. The number of aliphatic hydroxyl groups excluding tert-OH is 1. The Labute approximate surface area is 210 Å². The maximum atomic E-state index is 12.2. The van der Waals surface area contributed by atoms with Gasteiger partial charge < -0.3 is 25.5 Å². The number of nitrogens with one attached hydrogen (secondary N) is 1. The van der Waals surface area contributed by atoms with E-state index in [1.54, 1.807) is 0 Å². The Kier molecular flexibility index (Phi) is 7.25. The van der Waals surface area contributed by atoms with Gasteiger partial charge in [0.25, 0.3) is 0 Å². The number of aliphatic hydroxyl groups is 1. The molecule has 36 heavy (non-hydrogen) atoms. The molecule has 8 nitrogen and oxygen atoms in total. The second-order valence-corrected chi connectivity index (χ2v) is 9.14. The second kappa shape index (κ2) is 10.9. The van der Waals surface area contributed by atoms with E-state index >= 15 is 0 Å². The third-order valence-corrected chi connectivity index (χ3v) is 6.58. The van der Waals surface area contributed by atoms with Gasteiger partial charge in [0, 0.05) is 36.3 Å². The molecule has 5 rings (SSSR count). The largest absolute Gasteiger partial charge is 0.437 e. The van der Waals surface area contributed by atoms with E-state index in [1.165, 1.54) is 6.33 Å². The Morgan fingerprint density at radius 1 is 1.03 bits per heavy atom. The number of carbonyl (C=O) groups is 1. The molecule has 4 aromatic rings. The van der Waals surface area contributed by atoms with Crippen molar-refractivity contribution >= 4 is 28.5 Å². The van der Waals surface area contributed by atoms with Gasteiger partial charge in [-0.2, -0.15) is 0 Å². The first-order valence-electron chi connectivity index (χ1n) is 12.5. The molecule has 0 atom stereocenters. The van der Waals surface area contributed by atoms with Gasteiger partial charge in [-0.3, -0.25) is 4.79 Å². The van der Waals surface area contributed by atoms with Crippen LogP contribution in [0.2, 0.25) is 0 Å². The van der Waals surface area contributed by atoms with E-state index < -0.39 is 0 Å². The summed E-state index contributed by atoms with van der Waals surface area (Å²) in [6.07, 6.45) is 4.74. The molecular formula is C28H31N5O3. The lowest BCUT2D eigenvalue weighted by Gasteiger charge is -2.30. The van der Waals surface area contributed by atoms with Crippen LogP contribution in [0.3, 0.4) is 0 Å². The van der Waals surface area contributed by atoms with Crippen molar-refractivity contribution in [2.24, 2.45) is 5.73 Å². The number of rotatable bonds is 8. The van der Waals surface area contributed by atoms with Crippen molar-refractivity contribution in [2.45, 2.75) is 38.2 Å². The van der Waals surface area contributed by atoms with Crippen molar-refractivity contribution in [3.63, 3.8) is 0 Å². The van der Waals surface area contributed by atoms with Gasteiger partial charge in [0.2, 0.25) is 11.6 Å². The first-order valence-corrected chi connectivity index (χ1v) is 12.5. The first-order chi connectivity index (χ1) is 17.6. The van der Waals surface area contributed by atoms with Crippen LogP contribution in [0.5, 0.6) is 0 Å². The number of aromatic nitrogens is 2. The number of nitrogens with two attached hydrogens (primary N) is 1. The van der Waals surface area contributed by atoms with Crippen LogP contribution >= 0.6 is 0 Å². The van der Waals surface area contributed by atoms with Crippen LogP contribution in [0.1, 0.15) is 32.1 Å². The molecular weight excluding hydrogens is 454 g/mol. The fourth-order valence-electron chi connectivity index (χ4n) is 4.68. The van der Waals surface area contributed by atoms with Crippen molar-refractivity contribution in [2.75, 3.05) is 29.9 Å². The average molecular weight is 486 g/mol. The Morgan fingerprint density at radius 3 is 2.50 bits per heavy atom. The van der Waals surface area contributed by atoms with E-state index in [9.17, 15) is 9.90 Å². The SMILES string of the molecule is NCCCCC(=O)Nc1ccc(-c2oc3ncnc(N4CCC(O)CC4)c3c2-c2ccccc2)cc1. The molecule has 2 aromatic carbocycles. The molecule has 0 saturated carbocycles. The lowest BCUT2D eigenvalue weighted by molar-refractivity contribution is -0.116. The average Bonchev–Trinajstić information content (AvgIpc) is 3.30.